The molecule has 6 heteroatoms. The lowest BCUT2D eigenvalue weighted by Gasteiger charge is -2.32. The normalized spacial score (nSPS) is 16.0. The third-order valence-electron chi connectivity index (χ3n) is 4.32. The number of rotatable bonds is 3. The molecule has 0 spiro atoms. The molecule has 3 rings (SSSR count). The Morgan fingerprint density at radius 3 is 2.74 bits per heavy atom. The highest BCUT2D eigenvalue weighted by molar-refractivity contribution is 5.97. The van der Waals surface area contributed by atoms with Crippen LogP contribution in [0.4, 0.5) is 0 Å². The van der Waals surface area contributed by atoms with Crippen LogP contribution in [0.2, 0.25) is 0 Å². The Bertz CT molecular complexity index is 714. The molecule has 1 saturated heterocycles. The molecule has 1 aliphatic rings. The van der Waals surface area contributed by atoms with Gasteiger partial charge in [0.25, 0.3) is 5.91 Å². The number of aromatic amines is 1. The highest BCUT2D eigenvalue weighted by atomic mass is 16.2. The van der Waals surface area contributed by atoms with Gasteiger partial charge in [-0.15, -0.1) is 0 Å². The number of piperidine rings is 1. The van der Waals surface area contributed by atoms with Crippen LogP contribution in [0.25, 0.3) is 11.0 Å². The van der Waals surface area contributed by atoms with Crippen LogP contribution in [0.5, 0.6) is 0 Å². The van der Waals surface area contributed by atoms with Crippen molar-refractivity contribution in [1.82, 2.24) is 20.2 Å². The van der Waals surface area contributed by atoms with Crippen LogP contribution in [0.15, 0.2) is 24.5 Å². The van der Waals surface area contributed by atoms with E-state index in [1.807, 2.05) is 36.9 Å². The molecule has 2 heterocycles. The molecule has 2 amide bonds. The molecule has 0 radical (unpaired) electrons. The lowest BCUT2D eigenvalue weighted by atomic mass is 10.0. The minimum atomic E-state index is -0.00389. The van der Waals surface area contributed by atoms with E-state index in [2.05, 4.69) is 15.3 Å². The van der Waals surface area contributed by atoms with Gasteiger partial charge in [-0.1, -0.05) is 13.8 Å². The fourth-order valence-electron chi connectivity index (χ4n) is 2.85. The van der Waals surface area contributed by atoms with Crippen molar-refractivity contribution < 1.29 is 9.59 Å². The number of benzene rings is 1. The minimum absolute atomic E-state index is 0.00389. The van der Waals surface area contributed by atoms with Crippen LogP contribution in [0.1, 0.15) is 37.0 Å². The molecule has 1 aromatic heterocycles. The zero-order valence-electron chi connectivity index (χ0n) is 13.5. The standard InChI is InChI=1S/C17H22N4O2/c1-11(2)16(22)20-13-5-7-21(8-6-13)17(23)12-3-4-14-15(9-12)19-10-18-14/h3-4,9-11,13H,5-8H2,1-2H3,(H,18,19)(H,20,22). The maximum absolute atomic E-state index is 12.6. The SMILES string of the molecule is CC(C)C(=O)NC1CCN(C(=O)c2ccc3nc[nH]c3c2)CC1. The Labute approximate surface area is 135 Å². The molecule has 23 heavy (non-hydrogen) atoms. The molecule has 0 aliphatic carbocycles. The van der Waals surface area contributed by atoms with Crippen LogP contribution in [-0.2, 0) is 4.79 Å². The number of fused-ring (bicyclic) bond motifs is 1. The second-order valence-corrected chi connectivity index (χ2v) is 6.36. The van der Waals surface area contributed by atoms with Gasteiger partial charge in [0, 0.05) is 30.6 Å². The molecule has 2 N–H and O–H groups in total. The van der Waals surface area contributed by atoms with Crippen molar-refractivity contribution in [3.63, 3.8) is 0 Å². The number of H-pyrrole nitrogens is 1. The van der Waals surface area contributed by atoms with Gasteiger partial charge in [-0.3, -0.25) is 9.59 Å². The Hall–Kier alpha value is -2.37. The summed E-state index contributed by atoms with van der Waals surface area (Å²) in [6, 6.07) is 5.69. The van der Waals surface area contributed by atoms with Crippen molar-refractivity contribution in [2.24, 2.45) is 5.92 Å². The molecule has 0 saturated carbocycles. The number of hydrogen-bond acceptors (Lipinski definition) is 3. The van der Waals surface area contributed by atoms with Crippen LogP contribution < -0.4 is 5.32 Å². The first-order chi connectivity index (χ1) is 11.0. The van der Waals surface area contributed by atoms with Gasteiger partial charge in [0.1, 0.15) is 0 Å². The van der Waals surface area contributed by atoms with Gasteiger partial charge in [0.15, 0.2) is 0 Å². The summed E-state index contributed by atoms with van der Waals surface area (Å²) >= 11 is 0. The van der Waals surface area contributed by atoms with Crippen LogP contribution in [-0.4, -0.2) is 45.8 Å². The summed E-state index contributed by atoms with van der Waals surface area (Å²) in [5, 5.41) is 3.05. The van der Waals surface area contributed by atoms with Crippen molar-refractivity contribution in [2.75, 3.05) is 13.1 Å². The van der Waals surface area contributed by atoms with Gasteiger partial charge in [-0.25, -0.2) is 4.98 Å². The number of nitrogens with one attached hydrogen (secondary N) is 2. The van der Waals surface area contributed by atoms with E-state index in [0.29, 0.717) is 18.7 Å². The Morgan fingerprint density at radius 1 is 1.30 bits per heavy atom. The maximum atomic E-state index is 12.6. The summed E-state index contributed by atoms with van der Waals surface area (Å²) in [6.45, 7) is 5.12. The van der Waals surface area contributed by atoms with Crippen molar-refractivity contribution in [3.8, 4) is 0 Å². The first-order valence-corrected chi connectivity index (χ1v) is 8.07. The number of carbonyl (C=O) groups excluding carboxylic acids is 2. The van der Waals surface area contributed by atoms with Gasteiger partial charge in [-0.2, -0.15) is 0 Å². The lowest BCUT2D eigenvalue weighted by molar-refractivity contribution is -0.124. The third-order valence-corrected chi connectivity index (χ3v) is 4.32. The molecule has 2 aromatic rings. The van der Waals surface area contributed by atoms with Gasteiger partial charge < -0.3 is 15.2 Å². The largest absolute Gasteiger partial charge is 0.353 e. The van der Waals surface area contributed by atoms with E-state index in [0.717, 1.165) is 23.9 Å². The number of imidazole rings is 1. The van der Waals surface area contributed by atoms with Crippen LogP contribution >= 0.6 is 0 Å². The van der Waals surface area contributed by atoms with E-state index in [1.54, 1.807) is 6.33 Å². The molecular weight excluding hydrogens is 292 g/mol. The van der Waals surface area contributed by atoms with Gasteiger partial charge in [-0.05, 0) is 31.0 Å². The molecule has 0 atom stereocenters. The van der Waals surface area contributed by atoms with Crippen molar-refractivity contribution in [1.29, 1.82) is 0 Å². The number of nitrogens with zero attached hydrogens (tertiary/aromatic N) is 2. The third kappa shape index (κ3) is 3.36. The minimum Gasteiger partial charge on any atom is -0.353 e. The highest BCUT2D eigenvalue weighted by Crippen LogP contribution is 2.17. The maximum Gasteiger partial charge on any atom is 0.253 e. The van der Waals surface area contributed by atoms with Gasteiger partial charge in [0.05, 0.1) is 17.4 Å². The van der Waals surface area contributed by atoms with Crippen molar-refractivity contribution in [3.05, 3.63) is 30.1 Å². The lowest BCUT2D eigenvalue weighted by Crippen LogP contribution is -2.47. The summed E-state index contributed by atoms with van der Waals surface area (Å²) < 4.78 is 0. The average molecular weight is 314 g/mol. The first kappa shape index (κ1) is 15.5. The second-order valence-electron chi connectivity index (χ2n) is 6.36. The second kappa shape index (κ2) is 6.40. The number of likely N-dealkylation sites (tertiary alicyclic amines) is 1. The monoisotopic (exact) mass is 314 g/mol. The van der Waals surface area contributed by atoms with E-state index in [1.165, 1.54) is 0 Å². The van der Waals surface area contributed by atoms with E-state index >= 15 is 0 Å². The average Bonchev–Trinajstić information content (AvgIpc) is 3.02. The predicted octanol–water partition coefficient (Wildman–Crippen LogP) is 1.94. The van der Waals surface area contributed by atoms with E-state index in [-0.39, 0.29) is 23.8 Å². The molecule has 6 nitrogen and oxygen atoms in total. The zero-order valence-corrected chi connectivity index (χ0v) is 13.5. The van der Waals surface area contributed by atoms with E-state index in [4.69, 9.17) is 0 Å². The van der Waals surface area contributed by atoms with Crippen molar-refractivity contribution >= 4 is 22.8 Å². The molecule has 0 unspecified atom stereocenters. The molecule has 1 fully saturated rings. The molecular formula is C17H22N4O2. The fourth-order valence-corrected chi connectivity index (χ4v) is 2.85. The summed E-state index contributed by atoms with van der Waals surface area (Å²) in [5.74, 6) is 0.116. The van der Waals surface area contributed by atoms with E-state index < -0.39 is 0 Å². The van der Waals surface area contributed by atoms with Gasteiger partial charge >= 0.3 is 0 Å². The van der Waals surface area contributed by atoms with E-state index in [9.17, 15) is 9.59 Å². The fraction of sp³-hybridized carbons (Fsp3) is 0.471. The topological polar surface area (TPSA) is 78.1 Å². The predicted molar refractivity (Wildman–Crippen MR) is 88.0 cm³/mol. The number of carbonyl (C=O) groups is 2. The highest BCUT2D eigenvalue weighted by Gasteiger charge is 2.25. The summed E-state index contributed by atoms with van der Waals surface area (Å²) in [6.07, 6.45) is 3.23. The first-order valence-electron chi connectivity index (χ1n) is 8.07. The molecule has 1 aromatic carbocycles. The summed E-state index contributed by atoms with van der Waals surface area (Å²) in [4.78, 5) is 33.4. The molecule has 1 aliphatic heterocycles. The quantitative estimate of drug-likeness (QED) is 0.909. The smallest absolute Gasteiger partial charge is 0.253 e. The van der Waals surface area contributed by atoms with Crippen LogP contribution in [0.3, 0.4) is 0 Å². The number of aromatic nitrogens is 2. The molecule has 0 bridgehead atoms. The number of hydrogen-bond donors (Lipinski definition) is 2. The van der Waals surface area contributed by atoms with Crippen molar-refractivity contribution in [2.45, 2.75) is 32.7 Å². The molecule has 122 valence electrons. The number of amides is 2. The van der Waals surface area contributed by atoms with Gasteiger partial charge in [0.2, 0.25) is 5.91 Å². The Morgan fingerprint density at radius 2 is 2.04 bits per heavy atom. The zero-order chi connectivity index (χ0) is 16.4. The summed E-state index contributed by atoms with van der Waals surface area (Å²) in [5.41, 5.74) is 2.40. The van der Waals surface area contributed by atoms with Crippen LogP contribution in [0, 0.1) is 5.92 Å². The Kier molecular flexibility index (Phi) is 4.32. The summed E-state index contributed by atoms with van der Waals surface area (Å²) in [7, 11) is 0. The Balaban J connectivity index is 1.60.